The van der Waals surface area contributed by atoms with Gasteiger partial charge in [-0.2, -0.15) is 0 Å². The van der Waals surface area contributed by atoms with Crippen LogP contribution in [0, 0.1) is 0 Å². The molecular weight excluding hydrogens is 212 g/mol. The molecule has 4 nitrogen and oxygen atoms in total. The summed E-state index contributed by atoms with van der Waals surface area (Å²) in [6.07, 6.45) is 8.54. The van der Waals surface area contributed by atoms with Crippen molar-refractivity contribution in [3.63, 3.8) is 0 Å². The number of aromatic nitrogens is 2. The van der Waals surface area contributed by atoms with Crippen LogP contribution >= 0.6 is 0 Å². The SMILES string of the molecule is CCCCCC(C)Nc1cncc(NCC)n1. The quantitative estimate of drug-likeness (QED) is 0.680. The van der Waals surface area contributed by atoms with Gasteiger partial charge in [0.05, 0.1) is 12.4 Å². The molecular formula is C13H24N4. The first-order valence-corrected chi connectivity index (χ1v) is 6.58. The van der Waals surface area contributed by atoms with Gasteiger partial charge in [-0.1, -0.05) is 26.2 Å². The van der Waals surface area contributed by atoms with E-state index in [0.717, 1.165) is 18.2 Å². The van der Waals surface area contributed by atoms with Gasteiger partial charge in [0.2, 0.25) is 0 Å². The van der Waals surface area contributed by atoms with Crippen molar-refractivity contribution in [2.24, 2.45) is 0 Å². The van der Waals surface area contributed by atoms with Crippen LogP contribution in [0.2, 0.25) is 0 Å². The third-order valence-corrected chi connectivity index (χ3v) is 2.63. The summed E-state index contributed by atoms with van der Waals surface area (Å²) >= 11 is 0. The zero-order valence-corrected chi connectivity index (χ0v) is 11.2. The largest absolute Gasteiger partial charge is 0.369 e. The van der Waals surface area contributed by atoms with Crippen LogP contribution in [0.1, 0.15) is 46.5 Å². The molecule has 1 atom stereocenters. The second-order valence-electron chi connectivity index (χ2n) is 4.36. The van der Waals surface area contributed by atoms with Crippen LogP contribution in [0.3, 0.4) is 0 Å². The van der Waals surface area contributed by atoms with Gasteiger partial charge in [-0.15, -0.1) is 0 Å². The third-order valence-electron chi connectivity index (χ3n) is 2.63. The minimum Gasteiger partial charge on any atom is -0.369 e. The molecule has 0 aromatic carbocycles. The zero-order valence-electron chi connectivity index (χ0n) is 11.2. The van der Waals surface area contributed by atoms with Gasteiger partial charge in [-0.3, -0.25) is 4.98 Å². The normalized spacial score (nSPS) is 12.2. The number of hydrogen-bond donors (Lipinski definition) is 2. The minimum atomic E-state index is 0.452. The molecule has 2 N–H and O–H groups in total. The molecule has 0 aliphatic carbocycles. The molecule has 0 spiro atoms. The van der Waals surface area contributed by atoms with E-state index in [0.29, 0.717) is 6.04 Å². The third kappa shape index (κ3) is 5.52. The Morgan fingerprint density at radius 2 is 1.94 bits per heavy atom. The maximum atomic E-state index is 4.45. The van der Waals surface area contributed by atoms with E-state index in [1.165, 1.54) is 25.7 Å². The van der Waals surface area contributed by atoms with Crippen LogP contribution in [-0.2, 0) is 0 Å². The average Bonchev–Trinajstić information content (AvgIpc) is 2.30. The minimum absolute atomic E-state index is 0.452. The molecule has 0 radical (unpaired) electrons. The van der Waals surface area contributed by atoms with Crippen LogP contribution in [0.4, 0.5) is 11.6 Å². The summed E-state index contributed by atoms with van der Waals surface area (Å²) in [4.78, 5) is 8.61. The summed E-state index contributed by atoms with van der Waals surface area (Å²) in [5, 5.41) is 6.55. The van der Waals surface area contributed by atoms with Gasteiger partial charge < -0.3 is 10.6 Å². The average molecular weight is 236 g/mol. The fraction of sp³-hybridized carbons (Fsp3) is 0.692. The number of hydrogen-bond acceptors (Lipinski definition) is 4. The summed E-state index contributed by atoms with van der Waals surface area (Å²) < 4.78 is 0. The molecule has 1 unspecified atom stereocenters. The smallest absolute Gasteiger partial charge is 0.147 e. The molecule has 4 heteroatoms. The molecule has 0 aliphatic heterocycles. The highest BCUT2D eigenvalue weighted by Gasteiger charge is 2.03. The van der Waals surface area contributed by atoms with Gasteiger partial charge in [-0.05, 0) is 20.3 Å². The van der Waals surface area contributed by atoms with Gasteiger partial charge in [0.25, 0.3) is 0 Å². The molecule has 17 heavy (non-hydrogen) atoms. The Bertz CT molecular complexity index is 314. The first-order chi connectivity index (χ1) is 8.26. The van der Waals surface area contributed by atoms with Crippen molar-refractivity contribution in [1.29, 1.82) is 0 Å². The Balaban J connectivity index is 2.41. The predicted molar refractivity (Wildman–Crippen MR) is 73.4 cm³/mol. The van der Waals surface area contributed by atoms with Gasteiger partial charge in [0.15, 0.2) is 0 Å². The molecule has 0 saturated carbocycles. The summed E-state index contributed by atoms with van der Waals surface area (Å²) in [6, 6.07) is 0.452. The molecule has 0 fully saturated rings. The van der Waals surface area contributed by atoms with Crippen molar-refractivity contribution < 1.29 is 0 Å². The van der Waals surface area contributed by atoms with Crippen molar-refractivity contribution >= 4 is 11.6 Å². The van der Waals surface area contributed by atoms with E-state index in [1.807, 2.05) is 0 Å². The zero-order chi connectivity index (χ0) is 12.5. The second-order valence-corrected chi connectivity index (χ2v) is 4.36. The number of anilines is 2. The lowest BCUT2D eigenvalue weighted by molar-refractivity contribution is 0.613. The van der Waals surface area contributed by atoms with Crippen LogP contribution in [-0.4, -0.2) is 22.6 Å². The molecule has 0 bridgehead atoms. The summed E-state index contributed by atoms with van der Waals surface area (Å²) in [6.45, 7) is 7.33. The van der Waals surface area contributed by atoms with E-state index in [1.54, 1.807) is 12.4 Å². The fourth-order valence-corrected chi connectivity index (χ4v) is 1.73. The maximum Gasteiger partial charge on any atom is 0.147 e. The number of unbranched alkanes of at least 4 members (excludes halogenated alkanes) is 2. The first kappa shape index (κ1) is 13.7. The molecule has 1 aromatic heterocycles. The molecule has 96 valence electrons. The molecule has 1 rings (SSSR count). The van der Waals surface area contributed by atoms with Gasteiger partial charge in [0.1, 0.15) is 11.6 Å². The standard InChI is InChI=1S/C13H24N4/c1-4-6-7-8-11(3)16-13-10-14-9-12(17-13)15-5-2/h9-11H,4-8H2,1-3H3,(H2,15,16,17). The van der Waals surface area contributed by atoms with E-state index in [-0.39, 0.29) is 0 Å². The Kier molecular flexibility index (Phi) is 6.37. The van der Waals surface area contributed by atoms with Crippen LogP contribution in [0.5, 0.6) is 0 Å². The van der Waals surface area contributed by atoms with E-state index in [2.05, 4.69) is 41.4 Å². The Morgan fingerprint density at radius 3 is 2.65 bits per heavy atom. The highest BCUT2D eigenvalue weighted by Crippen LogP contribution is 2.11. The van der Waals surface area contributed by atoms with Gasteiger partial charge in [-0.25, -0.2) is 4.98 Å². The lowest BCUT2D eigenvalue weighted by Crippen LogP contribution is -2.16. The van der Waals surface area contributed by atoms with Crippen molar-refractivity contribution in [3.05, 3.63) is 12.4 Å². The fourth-order valence-electron chi connectivity index (χ4n) is 1.73. The molecule has 0 saturated heterocycles. The second kappa shape index (κ2) is 7.87. The van der Waals surface area contributed by atoms with Crippen LogP contribution < -0.4 is 10.6 Å². The lowest BCUT2D eigenvalue weighted by Gasteiger charge is -2.14. The van der Waals surface area contributed by atoms with Crippen molar-refractivity contribution in [2.45, 2.75) is 52.5 Å². The topological polar surface area (TPSA) is 49.8 Å². The number of rotatable bonds is 8. The molecule has 0 aliphatic rings. The first-order valence-electron chi connectivity index (χ1n) is 6.58. The molecule has 0 amide bonds. The van der Waals surface area contributed by atoms with Crippen LogP contribution in [0.25, 0.3) is 0 Å². The Hall–Kier alpha value is -1.32. The Labute approximate surface area is 104 Å². The van der Waals surface area contributed by atoms with Crippen molar-refractivity contribution in [2.75, 3.05) is 17.2 Å². The number of nitrogens with one attached hydrogen (secondary N) is 2. The molecule has 1 heterocycles. The Morgan fingerprint density at radius 1 is 1.18 bits per heavy atom. The summed E-state index contributed by atoms with van der Waals surface area (Å²) in [5.74, 6) is 1.69. The van der Waals surface area contributed by atoms with Gasteiger partial charge >= 0.3 is 0 Å². The predicted octanol–water partition coefficient (Wildman–Crippen LogP) is 3.29. The van der Waals surface area contributed by atoms with E-state index >= 15 is 0 Å². The van der Waals surface area contributed by atoms with E-state index < -0.39 is 0 Å². The molecule has 1 aromatic rings. The van der Waals surface area contributed by atoms with Crippen molar-refractivity contribution in [1.82, 2.24) is 9.97 Å². The maximum absolute atomic E-state index is 4.45. The summed E-state index contributed by atoms with van der Waals surface area (Å²) in [5.41, 5.74) is 0. The van der Waals surface area contributed by atoms with Crippen LogP contribution in [0.15, 0.2) is 12.4 Å². The highest BCUT2D eigenvalue weighted by atomic mass is 15.1. The van der Waals surface area contributed by atoms with E-state index in [4.69, 9.17) is 0 Å². The monoisotopic (exact) mass is 236 g/mol. The highest BCUT2D eigenvalue weighted by molar-refractivity contribution is 5.41. The lowest BCUT2D eigenvalue weighted by atomic mass is 10.1. The van der Waals surface area contributed by atoms with Gasteiger partial charge in [0, 0.05) is 12.6 Å². The van der Waals surface area contributed by atoms with Crippen molar-refractivity contribution in [3.8, 4) is 0 Å². The summed E-state index contributed by atoms with van der Waals surface area (Å²) in [7, 11) is 0. The number of nitrogens with zero attached hydrogens (tertiary/aromatic N) is 2. The van der Waals surface area contributed by atoms with E-state index in [9.17, 15) is 0 Å².